The fraction of sp³-hybridized carbons (Fsp3) is 0.125. The van der Waals surface area contributed by atoms with Crippen molar-refractivity contribution in [2.45, 2.75) is 17.4 Å². The van der Waals surface area contributed by atoms with Crippen LogP contribution in [-0.2, 0) is 16.5 Å². The maximum Gasteiger partial charge on any atom is 0.294 e. The van der Waals surface area contributed by atoms with E-state index in [1.165, 1.54) is 12.1 Å². The van der Waals surface area contributed by atoms with Crippen molar-refractivity contribution in [2.75, 3.05) is 0 Å². The Hall–Kier alpha value is -1.95. The van der Waals surface area contributed by atoms with Gasteiger partial charge in [0.25, 0.3) is 10.1 Å². The van der Waals surface area contributed by atoms with E-state index in [4.69, 9.17) is 10.3 Å². The SMILES string of the molecule is NC(C=Cc1ccc(S(=O)(=O)O)cc1)Cc1ccccc1. The van der Waals surface area contributed by atoms with Gasteiger partial charge in [-0.05, 0) is 29.7 Å². The third-order valence-electron chi connectivity index (χ3n) is 3.03. The molecule has 1 atom stereocenters. The van der Waals surface area contributed by atoms with Crippen molar-refractivity contribution in [3.05, 3.63) is 71.8 Å². The van der Waals surface area contributed by atoms with Crippen LogP contribution in [0.25, 0.3) is 6.08 Å². The lowest BCUT2D eigenvalue weighted by atomic mass is 10.1. The first-order valence-electron chi connectivity index (χ1n) is 6.50. The molecule has 2 aromatic rings. The summed E-state index contributed by atoms with van der Waals surface area (Å²) in [6, 6.07) is 15.8. The number of nitrogens with two attached hydrogens (primary N) is 1. The maximum absolute atomic E-state index is 10.9. The highest BCUT2D eigenvalue weighted by Gasteiger charge is 2.07. The first-order chi connectivity index (χ1) is 9.95. The second-order valence-corrected chi connectivity index (χ2v) is 6.18. The number of rotatable bonds is 5. The monoisotopic (exact) mass is 303 g/mol. The van der Waals surface area contributed by atoms with Gasteiger partial charge in [-0.1, -0.05) is 54.6 Å². The highest BCUT2D eigenvalue weighted by Crippen LogP contribution is 2.12. The van der Waals surface area contributed by atoms with Crippen LogP contribution >= 0.6 is 0 Å². The van der Waals surface area contributed by atoms with Crippen molar-refractivity contribution in [3.63, 3.8) is 0 Å². The fourth-order valence-corrected chi connectivity index (χ4v) is 2.42. The molecule has 0 aliphatic carbocycles. The van der Waals surface area contributed by atoms with Gasteiger partial charge in [-0.2, -0.15) is 8.42 Å². The first-order valence-corrected chi connectivity index (χ1v) is 7.94. The van der Waals surface area contributed by atoms with Crippen LogP contribution in [0.4, 0.5) is 0 Å². The minimum Gasteiger partial charge on any atom is -0.324 e. The summed E-state index contributed by atoms with van der Waals surface area (Å²) in [6.45, 7) is 0. The molecule has 0 fully saturated rings. The van der Waals surface area contributed by atoms with Crippen LogP contribution in [0.2, 0.25) is 0 Å². The second-order valence-electron chi connectivity index (χ2n) is 4.76. The number of hydrogen-bond donors (Lipinski definition) is 2. The Morgan fingerprint density at radius 3 is 2.24 bits per heavy atom. The summed E-state index contributed by atoms with van der Waals surface area (Å²) in [4.78, 5) is -0.117. The van der Waals surface area contributed by atoms with Crippen molar-refractivity contribution in [1.82, 2.24) is 0 Å². The van der Waals surface area contributed by atoms with Gasteiger partial charge >= 0.3 is 0 Å². The highest BCUT2D eigenvalue weighted by atomic mass is 32.2. The van der Waals surface area contributed by atoms with Crippen molar-refractivity contribution in [3.8, 4) is 0 Å². The van der Waals surface area contributed by atoms with Gasteiger partial charge in [-0.3, -0.25) is 4.55 Å². The normalized spacial score (nSPS) is 13.4. The fourth-order valence-electron chi connectivity index (χ4n) is 1.94. The third kappa shape index (κ3) is 4.82. The van der Waals surface area contributed by atoms with Crippen LogP contribution in [0.15, 0.2) is 65.6 Å². The average Bonchev–Trinajstić information content (AvgIpc) is 2.46. The van der Waals surface area contributed by atoms with E-state index in [0.29, 0.717) is 0 Å². The summed E-state index contributed by atoms with van der Waals surface area (Å²) < 4.78 is 30.8. The Morgan fingerprint density at radius 1 is 1.05 bits per heavy atom. The summed E-state index contributed by atoms with van der Waals surface area (Å²) in [5.41, 5.74) is 8.02. The Morgan fingerprint density at radius 2 is 1.67 bits per heavy atom. The molecular weight excluding hydrogens is 286 g/mol. The Labute approximate surface area is 124 Å². The third-order valence-corrected chi connectivity index (χ3v) is 3.90. The zero-order valence-corrected chi connectivity index (χ0v) is 12.2. The van der Waals surface area contributed by atoms with E-state index in [1.54, 1.807) is 12.1 Å². The minimum absolute atomic E-state index is 0.117. The molecule has 0 heterocycles. The Kier molecular flexibility index (Phi) is 4.90. The van der Waals surface area contributed by atoms with Crippen molar-refractivity contribution in [1.29, 1.82) is 0 Å². The lowest BCUT2D eigenvalue weighted by molar-refractivity contribution is 0.483. The molecule has 1 unspecified atom stereocenters. The van der Waals surface area contributed by atoms with E-state index in [-0.39, 0.29) is 10.9 Å². The number of hydrogen-bond acceptors (Lipinski definition) is 3. The molecule has 4 nitrogen and oxygen atoms in total. The van der Waals surface area contributed by atoms with Crippen LogP contribution < -0.4 is 5.73 Å². The smallest absolute Gasteiger partial charge is 0.294 e. The molecule has 0 aliphatic rings. The number of benzene rings is 2. The van der Waals surface area contributed by atoms with Crippen LogP contribution in [-0.4, -0.2) is 19.0 Å². The van der Waals surface area contributed by atoms with E-state index < -0.39 is 10.1 Å². The van der Waals surface area contributed by atoms with Crippen LogP contribution in [0.5, 0.6) is 0 Å². The van der Waals surface area contributed by atoms with Crippen LogP contribution in [0, 0.1) is 0 Å². The van der Waals surface area contributed by atoms with E-state index in [0.717, 1.165) is 17.5 Å². The van der Waals surface area contributed by atoms with Gasteiger partial charge in [0.15, 0.2) is 0 Å². The Balaban J connectivity index is 2.01. The second kappa shape index (κ2) is 6.67. The quantitative estimate of drug-likeness (QED) is 0.832. The van der Waals surface area contributed by atoms with E-state index in [9.17, 15) is 8.42 Å². The van der Waals surface area contributed by atoms with Gasteiger partial charge in [0.05, 0.1) is 4.90 Å². The van der Waals surface area contributed by atoms with E-state index in [1.807, 2.05) is 42.5 Å². The van der Waals surface area contributed by atoms with E-state index >= 15 is 0 Å². The van der Waals surface area contributed by atoms with Crippen LogP contribution in [0.3, 0.4) is 0 Å². The molecule has 0 aromatic heterocycles. The summed E-state index contributed by atoms with van der Waals surface area (Å²) in [5.74, 6) is 0. The van der Waals surface area contributed by atoms with Crippen LogP contribution in [0.1, 0.15) is 11.1 Å². The molecule has 110 valence electrons. The van der Waals surface area contributed by atoms with Crippen molar-refractivity contribution < 1.29 is 13.0 Å². The van der Waals surface area contributed by atoms with Gasteiger partial charge in [-0.15, -0.1) is 0 Å². The molecule has 0 radical (unpaired) electrons. The Bertz CT molecular complexity index is 707. The molecule has 0 amide bonds. The first kappa shape index (κ1) is 15.4. The van der Waals surface area contributed by atoms with E-state index in [2.05, 4.69) is 0 Å². The zero-order valence-electron chi connectivity index (χ0n) is 11.4. The van der Waals surface area contributed by atoms with Gasteiger partial charge in [-0.25, -0.2) is 0 Å². The highest BCUT2D eigenvalue weighted by molar-refractivity contribution is 7.85. The van der Waals surface area contributed by atoms with Gasteiger partial charge in [0, 0.05) is 6.04 Å². The van der Waals surface area contributed by atoms with Gasteiger partial charge in [0.2, 0.25) is 0 Å². The van der Waals surface area contributed by atoms with Crippen molar-refractivity contribution in [2.24, 2.45) is 5.73 Å². The molecule has 3 N–H and O–H groups in total. The van der Waals surface area contributed by atoms with Crippen molar-refractivity contribution >= 4 is 16.2 Å². The molecule has 0 saturated heterocycles. The summed E-state index contributed by atoms with van der Waals surface area (Å²) in [6.07, 6.45) is 4.44. The largest absolute Gasteiger partial charge is 0.324 e. The topological polar surface area (TPSA) is 80.4 Å². The predicted molar refractivity (Wildman–Crippen MR) is 83.4 cm³/mol. The molecule has 5 heteroatoms. The van der Waals surface area contributed by atoms with Gasteiger partial charge in [0.1, 0.15) is 0 Å². The molecule has 0 bridgehead atoms. The molecule has 0 saturated carbocycles. The lowest BCUT2D eigenvalue weighted by Crippen LogP contribution is -2.19. The van der Waals surface area contributed by atoms with Gasteiger partial charge < -0.3 is 5.73 Å². The zero-order chi connectivity index (χ0) is 15.3. The molecule has 2 aromatic carbocycles. The molecular formula is C16H17NO3S. The minimum atomic E-state index is -4.14. The molecule has 0 aliphatic heterocycles. The molecule has 21 heavy (non-hydrogen) atoms. The summed E-state index contributed by atoms with van der Waals surface area (Å²) >= 11 is 0. The standard InChI is InChI=1S/C16H17NO3S/c17-15(12-14-4-2-1-3-5-14)9-6-13-7-10-16(11-8-13)21(18,19)20/h1-11,15H,12,17H2,(H,18,19,20). The summed E-state index contributed by atoms with van der Waals surface area (Å²) in [5, 5.41) is 0. The average molecular weight is 303 g/mol. The lowest BCUT2D eigenvalue weighted by Gasteiger charge is -2.06. The maximum atomic E-state index is 10.9. The summed E-state index contributed by atoms with van der Waals surface area (Å²) in [7, 11) is -4.14. The molecule has 0 spiro atoms. The predicted octanol–water partition coefficient (Wildman–Crippen LogP) is 2.52. The molecule has 2 rings (SSSR count).